The van der Waals surface area contributed by atoms with Gasteiger partial charge in [0.05, 0.1) is 0 Å². The average Bonchev–Trinajstić information content (AvgIpc) is 2.09. The van der Waals surface area contributed by atoms with Gasteiger partial charge >= 0.3 is 0 Å². The van der Waals surface area contributed by atoms with Crippen LogP contribution < -0.4 is 11.5 Å². The smallest absolute Gasteiger partial charge is 0.262 e. The number of rotatable bonds is 2. The minimum absolute atomic E-state index is 0.00764. The lowest BCUT2D eigenvalue weighted by Crippen LogP contribution is -2.21. The molecule has 0 aromatic heterocycles. The molecule has 1 aliphatic heterocycles. The van der Waals surface area contributed by atoms with Crippen molar-refractivity contribution in [1.29, 1.82) is 0 Å². The Labute approximate surface area is 67.2 Å². The SMILES string of the molecule is NC(=O)C[C@@H]1SC(N)=NC1=O. The third-order valence-corrected chi connectivity index (χ3v) is 2.13. The molecule has 0 spiro atoms. The lowest BCUT2D eigenvalue weighted by molar-refractivity contribution is -0.122. The molecule has 0 bridgehead atoms. The highest BCUT2D eigenvalue weighted by Crippen LogP contribution is 2.21. The molecule has 0 fully saturated rings. The fourth-order valence-electron chi connectivity index (χ4n) is 0.715. The number of carbonyl (C=O) groups is 2. The van der Waals surface area contributed by atoms with Crippen LogP contribution >= 0.6 is 11.8 Å². The Morgan fingerprint density at radius 1 is 1.73 bits per heavy atom. The molecule has 0 radical (unpaired) electrons. The van der Waals surface area contributed by atoms with Gasteiger partial charge in [0, 0.05) is 6.42 Å². The standard InChI is InChI=1S/C5H7N3O2S/c6-3(9)1-2-4(10)8-5(7)11-2/h2H,1H2,(H2,6,9)(H2,7,8,10)/t2-/m0/s1. The Hall–Kier alpha value is -1.04. The van der Waals surface area contributed by atoms with Gasteiger partial charge in [0.2, 0.25) is 5.91 Å². The highest BCUT2D eigenvalue weighted by atomic mass is 32.2. The summed E-state index contributed by atoms with van der Waals surface area (Å²) >= 11 is 1.08. The van der Waals surface area contributed by atoms with Gasteiger partial charge in [-0.15, -0.1) is 0 Å². The summed E-state index contributed by atoms with van der Waals surface area (Å²) in [6.45, 7) is 0. The van der Waals surface area contributed by atoms with E-state index in [0.29, 0.717) is 0 Å². The summed E-state index contributed by atoms with van der Waals surface area (Å²) in [6.07, 6.45) is 0.00764. The Bertz CT molecular complexity index is 238. The number of hydrogen-bond acceptors (Lipinski definition) is 4. The zero-order valence-electron chi connectivity index (χ0n) is 5.61. The van der Waals surface area contributed by atoms with E-state index in [2.05, 4.69) is 4.99 Å². The van der Waals surface area contributed by atoms with Crippen LogP contribution in [0.1, 0.15) is 6.42 Å². The molecule has 2 amide bonds. The summed E-state index contributed by atoms with van der Waals surface area (Å²) < 4.78 is 0. The third kappa shape index (κ3) is 1.94. The molecule has 0 unspecified atom stereocenters. The fourth-order valence-corrected chi connectivity index (χ4v) is 1.55. The topological polar surface area (TPSA) is 98.5 Å². The molecule has 0 saturated carbocycles. The average molecular weight is 173 g/mol. The van der Waals surface area contributed by atoms with Crippen molar-refractivity contribution in [3.63, 3.8) is 0 Å². The van der Waals surface area contributed by atoms with Crippen molar-refractivity contribution in [3.05, 3.63) is 0 Å². The summed E-state index contributed by atoms with van der Waals surface area (Å²) in [5.41, 5.74) is 10.1. The zero-order chi connectivity index (χ0) is 8.43. The van der Waals surface area contributed by atoms with E-state index in [9.17, 15) is 9.59 Å². The van der Waals surface area contributed by atoms with Crippen LogP contribution in [0.25, 0.3) is 0 Å². The second kappa shape index (κ2) is 2.91. The van der Waals surface area contributed by atoms with Crippen LogP contribution in [0, 0.1) is 0 Å². The summed E-state index contributed by atoms with van der Waals surface area (Å²) in [5.74, 6) is -0.882. The van der Waals surface area contributed by atoms with Crippen LogP contribution in [0.2, 0.25) is 0 Å². The molecule has 1 aliphatic rings. The van der Waals surface area contributed by atoms with Crippen LogP contribution in [0.15, 0.2) is 4.99 Å². The number of hydrogen-bond donors (Lipinski definition) is 2. The number of carbonyl (C=O) groups excluding carboxylic acids is 2. The minimum Gasteiger partial charge on any atom is -0.378 e. The van der Waals surface area contributed by atoms with Gasteiger partial charge in [-0.25, -0.2) is 0 Å². The number of aliphatic imine (C=N–C) groups is 1. The van der Waals surface area contributed by atoms with E-state index in [1.807, 2.05) is 0 Å². The van der Waals surface area contributed by atoms with E-state index in [1.165, 1.54) is 0 Å². The number of amides is 2. The first-order valence-electron chi connectivity index (χ1n) is 2.92. The molecule has 5 nitrogen and oxygen atoms in total. The number of amidine groups is 1. The van der Waals surface area contributed by atoms with E-state index in [1.54, 1.807) is 0 Å². The monoisotopic (exact) mass is 173 g/mol. The highest BCUT2D eigenvalue weighted by molar-refractivity contribution is 8.15. The minimum atomic E-state index is -0.513. The molecule has 0 aromatic rings. The van der Waals surface area contributed by atoms with Crippen molar-refractivity contribution in [2.45, 2.75) is 11.7 Å². The second-order valence-electron chi connectivity index (χ2n) is 2.07. The second-order valence-corrected chi connectivity index (χ2v) is 3.29. The first kappa shape index (κ1) is 8.06. The van der Waals surface area contributed by atoms with Crippen LogP contribution in [0.5, 0.6) is 0 Å². The molecule has 0 aliphatic carbocycles. The van der Waals surface area contributed by atoms with Gasteiger partial charge in [0.15, 0.2) is 5.17 Å². The molecule has 0 saturated heterocycles. The first-order chi connectivity index (χ1) is 5.09. The lowest BCUT2D eigenvalue weighted by Gasteiger charge is -2.00. The van der Waals surface area contributed by atoms with Gasteiger partial charge in [0.25, 0.3) is 5.91 Å². The molecule has 4 N–H and O–H groups in total. The Morgan fingerprint density at radius 2 is 2.36 bits per heavy atom. The Morgan fingerprint density at radius 3 is 2.73 bits per heavy atom. The van der Waals surface area contributed by atoms with Gasteiger partial charge in [-0.2, -0.15) is 4.99 Å². The maximum absolute atomic E-state index is 10.8. The van der Waals surface area contributed by atoms with Gasteiger partial charge in [0.1, 0.15) is 5.25 Å². The van der Waals surface area contributed by atoms with Gasteiger partial charge < -0.3 is 11.5 Å². The van der Waals surface area contributed by atoms with Crippen molar-refractivity contribution in [2.24, 2.45) is 16.5 Å². The largest absolute Gasteiger partial charge is 0.378 e. The molecular weight excluding hydrogens is 166 g/mol. The van der Waals surface area contributed by atoms with E-state index in [4.69, 9.17) is 11.5 Å². The highest BCUT2D eigenvalue weighted by Gasteiger charge is 2.28. The van der Waals surface area contributed by atoms with Crippen LogP contribution in [0.4, 0.5) is 0 Å². The molecule has 6 heteroatoms. The van der Waals surface area contributed by atoms with E-state index >= 15 is 0 Å². The quantitative estimate of drug-likeness (QED) is 0.549. The number of thioether (sulfide) groups is 1. The van der Waals surface area contributed by atoms with Crippen molar-refractivity contribution in [2.75, 3.05) is 0 Å². The maximum atomic E-state index is 10.8. The molecule has 60 valence electrons. The lowest BCUT2D eigenvalue weighted by atomic mass is 10.3. The summed E-state index contributed by atoms with van der Waals surface area (Å²) in [4.78, 5) is 24.6. The normalized spacial score (nSPS) is 23.5. The van der Waals surface area contributed by atoms with Gasteiger partial charge in [-0.3, -0.25) is 9.59 Å². The van der Waals surface area contributed by atoms with Crippen molar-refractivity contribution in [3.8, 4) is 0 Å². The van der Waals surface area contributed by atoms with E-state index in [0.717, 1.165) is 11.8 Å². The Kier molecular flexibility index (Phi) is 2.13. The van der Waals surface area contributed by atoms with Gasteiger partial charge in [-0.1, -0.05) is 11.8 Å². The van der Waals surface area contributed by atoms with Crippen LogP contribution in [0.3, 0.4) is 0 Å². The van der Waals surface area contributed by atoms with Crippen LogP contribution in [-0.2, 0) is 9.59 Å². The van der Waals surface area contributed by atoms with E-state index in [-0.39, 0.29) is 17.5 Å². The third-order valence-electron chi connectivity index (χ3n) is 1.15. The van der Waals surface area contributed by atoms with Crippen molar-refractivity contribution < 1.29 is 9.59 Å². The molecule has 1 atom stereocenters. The zero-order valence-corrected chi connectivity index (χ0v) is 6.43. The molecule has 0 aromatic carbocycles. The maximum Gasteiger partial charge on any atom is 0.262 e. The Balaban J connectivity index is 2.53. The molecule has 1 rings (SSSR count). The number of nitrogens with zero attached hydrogens (tertiary/aromatic N) is 1. The predicted molar refractivity (Wildman–Crippen MR) is 41.8 cm³/mol. The molecule has 1 heterocycles. The van der Waals surface area contributed by atoms with Crippen molar-refractivity contribution in [1.82, 2.24) is 0 Å². The van der Waals surface area contributed by atoms with Gasteiger partial charge in [-0.05, 0) is 0 Å². The molecule has 11 heavy (non-hydrogen) atoms. The summed E-state index contributed by atoms with van der Waals surface area (Å²) in [5, 5.41) is -0.284. The molecular formula is C5H7N3O2S. The first-order valence-corrected chi connectivity index (χ1v) is 3.80. The van der Waals surface area contributed by atoms with E-state index < -0.39 is 11.2 Å². The predicted octanol–water partition coefficient (Wildman–Crippen LogP) is -1.18. The van der Waals surface area contributed by atoms with Crippen molar-refractivity contribution >= 4 is 28.7 Å². The van der Waals surface area contributed by atoms with Crippen LogP contribution in [-0.4, -0.2) is 22.2 Å². The summed E-state index contributed by atoms with van der Waals surface area (Å²) in [7, 11) is 0. The summed E-state index contributed by atoms with van der Waals surface area (Å²) in [6, 6.07) is 0. The fraction of sp³-hybridized carbons (Fsp3) is 0.400. The number of nitrogens with two attached hydrogens (primary N) is 2. The number of primary amides is 1.